The second-order valence-corrected chi connectivity index (χ2v) is 4.72. The summed E-state index contributed by atoms with van der Waals surface area (Å²) in [6, 6.07) is -0.269. The first-order chi connectivity index (χ1) is 8.50. The molecule has 0 spiro atoms. The molecule has 2 rings (SSSR count). The Hall–Kier alpha value is -1.85. The van der Waals surface area contributed by atoms with Gasteiger partial charge in [0.1, 0.15) is 0 Å². The lowest BCUT2D eigenvalue weighted by Crippen LogP contribution is -2.40. The number of carboxylic acid groups (broad SMARTS) is 1. The van der Waals surface area contributed by atoms with Gasteiger partial charge in [-0.1, -0.05) is 6.42 Å². The highest BCUT2D eigenvalue weighted by Crippen LogP contribution is 2.26. The first-order valence-electron chi connectivity index (χ1n) is 6.03. The number of hydrogen-bond acceptors (Lipinski definition) is 3. The molecular weight excluding hydrogens is 234 g/mol. The Morgan fingerprint density at radius 3 is 2.78 bits per heavy atom. The Balaban J connectivity index is 2.08. The van der Waals surface area contributed by atoms with Crippen molar-refractivity contribution in [3.63, 3.8) is 0 Å². The molecule has 1 heterocycles. The molecule has 6 nitrogen and oxygen atoms in total. The van der Waals surface area contributed by atoms with E-state index >= 15 is 0 Å². The molecule has 0 unspecified atom stereocenters. The van der Waals surface area contributed by atoms with Gasteiger partial charge in [0.15, 0.2) is 0 Å². The highest BCUT2D eigenvalue weighted by molar-refractivity contribution is 5.95. The molecule has 1 saturated carbocycles. The number of rotatable bonds is 3. The minimum absolute atomic E-state index is 0.237. The lowest BCUT2D eigenvalue weighted by molar-refractivity contribution is -0.142. The predicted octanol–water partition coefficient (Wildman–Crippen LogP) is 0.712. The molecule has 1 amide bonds. The normalized spacial score (nSPS) is 23.0. The van der Waals surface area contributed by atoms with Crippen molar-refractivity contribution in [3.05, 3.63) is 17.5 Å². The van der Waals surface area contributed by atoms with Crippen LogP contribution in [0.5, 0.6) is 0 Å². The number of nitrogens with zero attached hydrogens (tertiary/aromatic N) is 2. The Labute approximate surface area is 105 Å². The van der Waals surface area contributed by atoms with E-state index in [1.54, 1.807) is 11.7 Å². The Morgan fingerprint density at radius 1 is 1.50 bits per heavy atom. The molecule has 1 fully saturated rings. The average molecular weight is 251 g/mol. The van der Waals surface area contributed by atoms with Crippen LogP contribution in [-0.2, 0) is 11.8 Å². The lowest BCUT2D eigenvalue weighted by Gasteiger charge is -2.17. The number of amides is 1. The number of nitrogens with one attached hydrogen (secondary N) is 1. The van der Waals surface area contributed by atoms with E-state index in [0.717, 1.165) is 18.5 Å². The second-order valence-electron chi connectivity index (χ2n) is 4.72. The van der Waals surface area contributed by atoms with Crippen LogP contribution in [0.1, 0.15) is 35.3 Å². The third-order valence-corrected chi connectivity index (χ3v) is 3.63. The van der Waals surface area contributed by atoms with Crippen molar-refractivity contribution in [2.45, 2.75) is 32.2 Å². The summed E-state index contributed by atoms with van der Waals surface area (Å²) < 4.78 is 1.62. The molecule has 0 aromatic carbocycles. The van der Waals surface area contributed by atoms with Crippen LogP contribution in [0.2, 0.25) is 0 Å². The zero-order valence-corrected chi connectivity index (χ0v) is 10.5. The molecule has 0 saturated heterocycles. The number of carbonyl (C=O) groups is 2. The summed E-state index contributed by atoms with van der Waals surface area (Å²) in [5.74, 6) is -1.54. The van der Waals surface area contributed by atoms with Crippen LogP contribution in [0, 0.1) is 12.8 Å². The van der Waals surface area contributed by atoms with E-state index in [-0.39, 0.29) is 11.9 Å². The summed E-state index contributed by atoms with van der Waals surface area (Å²) >= 11 is 0. The Kier molecular flexibility index (Phi) is 3.36. The summed E-state index contributed by atoms with van der Waals surface area (Å²) in [6.45, 7) is 1.81. The van der Waals surface area contributed by atoms with Gasteiger partial charge in [-0.15, -0.1) is 0 Å². The molecule has 2 atom stereocenters. The number of aryl methyl sites for hydroxylation is 1. The number of aliphatic carboxylic acids is 1. The van der Waals surface area contributed by atoms with Gasteiger partial charge in [-0.3, -0.25) is 14.3 Å². The summed E-state index contributed by atoms with van der Waals surface area (Å²) in [5.41, 5.74) is 1.28. The van der Waals surface area contributed by atoms with Crippen molar-refractivity contribution < 1.29 is 14.7 Å². The summed E-state index contributed by atoms with van der Waals surface area (Å²) in [4.78, 5) is 23.1. The van der Waals surface area contributed by atoms with E-state index in [9.17, 15) is 9.59 Å². The van der Waals surface area contributed by atoms with E-state index in [1.807, 2.05) is 6.92 Å². The lowest BCUT2D eigenvalue weighted by atomic mass is 10.0. The van der Waals surface area contributed by atoms with E-state index in [2.05, 4.69) is 10.4 Å². The zero-order valence-electron chi connectivity index (χ0n) is 10.5. The Morgan fingerprint density at radius 2 is 2.22 bits per heavy atom. The molecule has 6 heteroatoms. The van der Waals surface area contributed by atoms with Gasteiger partial charge in [0, 0.05) is 18.8 Å². The first kappa shape index (κ1) is 12.6. The smallest absolute Gasteiger partial charge is 0.308 e. The van der Waals surface area contributed by atoms with Gasteiger partial charge in [0.25, 0.3) is 5.91 Å². The highest BCUT2D eigenvalue weighted by Gasteiger charge is 2.34. The van der Waals surface area contributed by atoms with Crippen molar-refractivity contribution in [3.8, 4) is 0 Å². The van der Waals surface area contributed by atoms with Crippen LogP contribution in [0.15, 0.2) is 6.20 Å². The van der Waals surface area contributed by atoms with Crippen LogP contribution >= 0.6 is 0 Å². The minimum atomic E-state index is -0.833. The molecule has 1 aliphatic carbocycles. The number of aromatic nitrogens is 2. The van der Waals surface area contributed by atoms with Gasteiger partial charge >= 0.3 is 5.97 Å². The van der Waals surface area contributed by atoms with Gasteiger partial charge in [0.2, 0.25) is 0 Å². The average Bonchev–Trinajstić information content (AvgIpc) is 2.88. The highest BCUT2D eigenvalue weighted by atomic mass is 16.4. The molecule has 0 bridgehead atoms. The largest absolute Gasteiger partial charge is 0.481 e. The summed E-state index contributed by atoms with van der Waals surface area (Å²) in [5, 5.41) is 15.9. The molecule has 18 heavy (non-hydrogen) atoms. The van der Waals surface area contributed by atoms with Crippen molar-refractivity contribution >= 4 is 11.9 Å². The van der Waals surface area contributed by atoms with Crippen LogP contribution < -0.4 is 5.32 Å². The first-order valence-corrected chi connectivity index (χ1v) is 6.03. The van der Waals surface area contributed by atoms with Gasteiger partial charge in [-0.05, 0) is 19.8 Å². The summed E-state index contributed by atoms with van der Waals surface area (Å²) in [6.07, 6.45) is 3.71. The minimum Gasteiger partial charge on any atom is -0.481 e. The van der Waals surface area contributed by atoms with Crippen molar-refractivity contribution in [2.75, 3.05) is 0 Å². The van der Waals surface area contributed by atoms with Crippen LogP contribution in [0.3, 0.4) is 0 Å². The van der Waals surface area contributed by atoms with E-state index in [1.165, 1.54) is 6.20 Å². The fourth-order valence-corrected chi connectivity index (χ4v) is 2.40. The third kappa shape index (κ3) is 2.23. The number of hydrogen-bond donors (Lipinski definition) is 2. The summed E-state index contributed by atoms with van der Waals surface area (Å²) in [7, 11) is 1.77. The quantitative estimate of drug-likeness (QED) is 0.828. The zero-order chi connectivity index (χ0) is 13.3. The second kappa shape index (κ2) is 4.80. The molecule has 0 aliphatic heterocycles. The molecule has 2 N–H and O–H groups in total. The molecular formula is C12H17N3O3. The van der Waals surface area contributed by atoms with Crippen molar-refractivity contribution in [1.82, 2.24) is 15.1 Å². The molecule has 1 aliphatic rings. The van der Waals surface area contributed by atoms with Gasteiger partial charge in [-0.25, -0.2) is 0 Å². The monoisotopic (exact) mass is 251 g/mol. The van der Waals surface area contributed by atoms with E-state index < -0.39 is 11.9 Å². The number of carbonyl (C=O) groups excluding carboxylic acids is 1. The van der Waals surface area contributed by atoms with Crippen LogP contribution in [0.4, 0.5) is 0 Å². The van der Waals surface area contributed by atoms with Crippen LogP contribution in [0.25, 0.3) is 0 Å². The number of carboxylic acids is 1. The SMILES string of the molecule is Cc1c(C(=O)N[C@@H]2CCC[C@@H]2C(=O)O)cnn1C. The fraction of sp³-hybridized carbons (Fsp3) is 0.583. The topological polar surface area (TPSA) is 84.2 Å². The van der Waals surface area contributed by atoms with Crippen LogP contribution in [-0.4, -0.2) is 32.8 Å². The molecule has 98 valence electrons. The van der Waals surface area contributed by atoms with Crippen molar-refractivity contribution in [2.24, 2.45) is 13.0 Å². The maximum absolute atomic E-state index is 12.0. The molecule has 1 aromatic heterocycles. The van der Waals surface area contributed by atoms with Gasteiger partial charge in [0.05, 0.1) is 17.7 Å². The maximum Gasteiger partial charge on any atom is 0.308 e. The Bertz CT molecular complexity index is 481. The van der Waals surface area contributed by atoms with Gasteiger partial charge < -0.3 is 10.4 Å². The van der Waals surface area contributed by atoms with Gasteiger partial charge in [-0.2, -0.15) is 5.10 Å². The van der Waals surface area contributed by atoms with E-state index in [4.69, 9.17) is 5.11 Å². The van der Waals surface area contributed by atoms with Crippen molar-refractivity contribution in [1.29, 1.82) is 0 Å². The van der Waals surface area contributed by atoms with E-state index in [0.29, 0.717) is 12.0 Å². The maximum atomic E-state index is 12.0. The standard InChI is InChI=1S/C12H17N3O3/c1-7-9(6-13-15(7)2)11(16)14-10-5-3-4-8(10)12(17)18/h6,8,10H,3-5H2,1-2H3,(H,14,16)(H,17,18)/t8-,10+/m0/s1. The molecule has 0 radical (unpaired) electrons. The fourth-order valence-electron chi connectivity index (χ4n) is 2.40. The predicted molar refractivity (Wildman–Crippen MR) is 64.2 cm³/mol. The molecule has 1 aromatic rings. The third-order valence-electron chi connectivity index (χ3n) is 3.63.